The summed E-state index contributed by atoms with van der Waals surface area (Å²) in [6, 6.07) is 82.4. The van der Waals surface area contributed by atoms with Gasteiger partial charge in [-0.1, -0.05) is 176 Å². The van der Waals surface area contributed by atoms with Crippen LogP contribution in [0.15, 0.2) is 231 Å². The number of fused-ring (bicyclic) bond motifs is 10. The van der Waals surface area contributed by atoms with E-state index in [0.717, 1.165) is 78.8 Å². The lowest BCUT2D eigenvalue weighted by molar-refractivity contribution is 1.09. The van der Waals surface area contributed by atoms with Crippen molar-refractivity contribution in [3.05, 3.63) is 231 Å². The Morgan fingerprint density at radius 1 is 0.242 bits per heavy atom. The highest BCUT2D eigenvalue weighted by Crippen LogP contribution is 2.54. The Kier molecular flexibility index (Phi) is 8.46. The van der Waals surface area contributed by atoms with Crippen molar-refractivity contribution >= 4 is 34.4 Å². The molecule has 0 N–H and O–H groups in total. The van der Waals surface area contributed by atoms with Gasteiger partial charge in [0.05, 0.1) is 34.1 Å². The van der Waals surface area contributed by atoms with E-state index in [2.05, 4.69) is 228 Å². The van der Waals surface area contributed by atoms with Crippen molar-refractivity contribution in [1.82, 2.24) is 9.97 Å². The Balaban J connectivity index is 1.08. The fourth-order valence-electron chi connectivity index (χ4n) is 9.33. The zero-order valence-corrected chi connectivity index (χ0v) is 33.7. The highest BCUT2D eigenvalue weighted by atomic mass is 15.3. The van der Waals surface area contributed by atoms with Gasteiger partial charge in [-0.2, -0.15) is 0 Å². The lowest BCUT2D eigenvalue weighted by Crippen LogP contribution is -2.15. The number of aromatic nitrogens is 2. The average Bonchev–Trinajstić information content (AvgIpc) is 3.56. The standard InChI is InChI=1S/C58H38N4/c1-4-18-39(19-5-1)52-38-53(40-20-6-2-7-21-40)60-58(59-52)62-55-31-17-15-29-49(55)45-25-11-13-27-47(45)51-37-42(33-35-57(51)62)41-32-34-56-50(36-41)46-26-12-10-24-44(46)48-28-14-16-30-54(48)61(56)43-22-8-3-9-23-43/h1-38H. The van der Waals surface area contributed by atoms with Crippen LogP contribution in [0.25, 0.3) is 78.1 Å². The molecule has 0 atom stereocenters. The third-order valence-electron chi connectivity index (χ3n) is 12.2. The molecule has 0 saturated heterocycles. The maximum Gasteiger partial charge on any atom is 0.235 e. The molecule has 0 saturated carbocycles. The fourth-order valence-corrected chi connectivity index (χ4v) is 9.33. The molecule has 9 aromatic carbocycles. The summed E-state index contributed by atoms with van der Waals surface area (Å²) in [4.78, 5) is 15.4. The van der Waals surface area contributed by atoms with E-state index in [1.165, 1.54) is 27.8 Å². The molecule has 1 aromatic heterocycles. The minimum Gasteiger partial charge on any atom is -0.309 e. The number of nitrogens with zero attached hydrogens (tertiary/aromatic N) is 4. The quantitative estimate of drug-likeness (QED) is 0.174. The highest BCUT2D eigenvalue weighted by Gasteiger charge is 2.30. The van der Waals surface area contributed by atoms with E-state index >= 15 is 0 Å². The van der Waals surface area contributed by atoms with E-state index in [-0.39, 0.29) is 0 Å². The molecule has 0 aliphatic carbocycles. The van der Waals surface area contributed by atoms with E-state index in [9.17, 15) is 0 Å². The van der Waals surface area contributed by atoms with E-state index in [4.69, 9.17) is 9.97 Å². The first-order valence-electron chi connectivity index (χ1n) is 21.1. The second kappa shape index (κ2) is 14.7. The predicted molar refractivity (Wildman–Crippen MR) is 257 cm³/mol. The van der Waals surface area contributed by atoms with Crippen molar-refractivity contribution in [3.63, 3.8) is 0 Å². The highest BCUT2D eigenvalue weighted by molar-refractivity contribution is 6.05. The second-order valence-electron chi connectivity index (χ2n) is 15.8. The number of para-hydroxylation sites is 3. The summed E-state index contributed by atoms with van der Waals surface area (Å²) in [7, 11) is 0. The third kappa shape index (κ3) is 5.92. The van der Waals surface area contributed by atoms with Gasteiger partial charge in [-0.15, -0.1) is 0 Å². The maximum atomic E-state index is 5.37. The molecule has 10 aromatic rings. The predicted octanol–water partition coefficient (Wildman–Crippen LogP) is 15.7. The van der Waals surface area contributed by atoms with E-state index in [0.29, 0.717) is 5.95 Å². The third-order valence-corrected chi connectivity index (χ3v) is 12.2. The molecule has 0 amide bonds. The van der Waals surface area contributed by atoms with Gasteiger partial charge in [-0.3, -0.25) is 4.90 Å². The summed E-state index contributed by atoms with van der Waals surface area (Å²) >= 11 is 0. The summed E-state index contributed by atoms with van der Waals surface area (Å²) in [6.07, 6.45) is 0. The number of hydrogen-bond acceptors (Lipinski definition) is 4. The summed E-state index contributed by atoms with van der Waals surface area (Å²) < 4.78 is 0. The van der Waals surface area contributed by atoms with Crippen LogP contribution in [0.5, 0.6) is 0 Å². The second-order valence-corrected chi connectivity index (χ2v) is 15.8. The molecule has 2 aliphatic heterocycles. The van der Waals surface area contributed by atoms with Crippen LogP contribution in [0.3, 0.4) is 0 Å². The normalized spacial score (nSPS) is 12.1. The lowest BCUT2D eigenvalue weighted by atomic mass is 9.90. The molecular formula is C58H38N4. The van der Waals surface area contributed by atoms with Gasteiger partial charge in [0.25, 0.3) is 0 Å². The van der Waals surface area contributed by atoms with Crippen LogP contribution in [0.2, 0.25) is 0 Å². The van der Waals surface area contributed by atoms with Crippen molar-refractivity contribution in [3.8, 4) is 78.1 Å². The first-order chi connectivity index (χ1) is 30.8. The lowest BCUT2D eigenvalue weighted by Gasteiger charge is -2.28. The zero-order valence-electron chi connectivity index (χ0n) is 33.7. The Morgan fingerprint density at radius 2 is 0.597 bits per heavy atom. The Bertz CT molecular complexity index is 3250. The molecule has 0 radical (unpaired) electrons. The molecular weight excluding hydrogens is 753 g/mol. The molecule has 62 heavy (non-hydrogen) atoms. The van der Waals surface area contributed by atoms with Crippen molar-refractivity contribution < 1.29 is 0 Å². The Hall–Kier alpha value is -8.34. The topological polar surface area (TPSA) is 32.3 Å². The average molecular weight is 791 g/mol. The Morgan fingerprint density at radius 3 is 1.08 bits per heavy atom. The molecule has 0 fully saturated rings. The smallest absolute Gasteiger partial charge is 0.235 e. The largest absolute Gasteiger partial charge is 0.309 e. The molecule has 0 bridgehead atoms. The number of anilines is 6. The first kappa shape index (κ1) is 35.6. The number of benzene rings is 9. The fraction of sp³-hybridized carbons (Fsp3) is 0. The molecule has 290 valence electrons. The summed E-state index contributed by atoms with van der Waals surface area (Å²) in [5.41, 5.74) is 20.9. The first-order valence-corrected chi connectivity index (χ1v) is 21.1. The van der Waals surface area contributed by atoms with E-state index in [1.54, 1.807) is 0 Å². The summed E-state index contributed by atoms with van der Waals surface area (Å²) in [5, 5.41) is 0. The number of rotatable bonds is 5. The van der Waals surface area contributed by atoms with Crippen LogP contribution in [-0.4, -0.2) is 9.97 Å². The Labute approximate surface area is 361 Å². The van der Waals surface area contributed by atoms with Gasteiger partial charge in [0.15, 0.2) is 0 Å². The molecule has 4 nitrogen and oxygen atoms in total. The summed E-state index contributed by atoms with van der Waals surface area (Å²) in [5.74, 6) is 0.613. The van der Waals surface area contributed by atoms with Crippen LogP contribution in [0.4, 0.5) is 34.4 Å². The molecule has 2 aliphatic rings. The van der Waals surface area contributed by atoms with Gasteiger partial charge in [-0.05, 0) is 88.0 Å². The van der Waals surface area contributed by atoms with E-state index in [1.807, 2.05) is 12.1 Å². The van der Waals surface area contributed by atoms with Gasteiger partial charge in [0.2, 0.25) is 5.95 Å². The minimum absolute atomic E-state index is 0.613. The van der Waals surface area contributed by atoms with Crippen molar-refractivity contribution in [2.75, 3.05) is 9.80 Å². The molecule has 3 heterocycles. The van der Waals surface area contributed by atoms with Gasteiger partial charge in [0, 0.05) is 39.1 Å². The van der Waals surface area contributed by atoms with Crippen LogP contribution >= 0.6 is 0 Å². The molecule has 4 heteroatoms. The molecule has 0 unspecified atom stereocenters. The minimum atomic E-state index is 0.613. The van der Waals surface area contributed by atoms with Crippen LogP contribution in [-0.2, 0) is 0 Å². The molecule has 12 rings (SSSR count). The van der Waals surface area contributed by atoms with Crippen LogP contribution < -0.4 is 9.80 Å². The maximum absolute atomic E-state index is 5.37. The van der Waals surface area contributed by atoms with Gasteiger partial charge in [-0.25, -0.2) is 9.97 Å². The van der Waals surface area contributed by atoms with Crippen LogP contribution in [0.1, 0.15) is 0 Å². The zero-order chi connectivity index (χ0) is 41.0. The van der Waals surface area contributed by atoms with Crippen LogP contribution in [0, 0.1) is 0 Å². The molecule has 0 spiro atoms. The SMILES string of the molecule is c1ccc(-c2cc(-c3ccccc3)nc(N3c4ccccc4-c4ccccc4-c4cc(-c5ccc6c(c5)-c5ccccc5-c5ccccc5N6c5ccccc5)ccc43)n2)cc1. The van der Waals surface area contributed by atoms with Gasteiger partial charge in [0.1, 0.15) is 0 Å². The number of hydrogen-bond donors (Lipinski definition) is 0. The monoisotopic (exact) mass is 790 g/mol. The van der Waals surface area contributed by atoms with Gasteiger partial charge < -0.3 is 4.90 Å². The van der Waals surface area contributed by atoms with E-state index < -0.39 is 0 Å². The van der Waals surface area contributed by atoms with Gasteiger partial charge >= 0.3 is 0 Å². The van der Waals surface area contributed by atoms with Crippen molar-refractivity contribution in [2.45, 2.75) is 0 Å². The summed E-state index contributed by atoms with van der Waals surface area (Å²) in [6.45, 7) is 0. The van der Waals surface area contributed by atoms with Crippen molar-refractivity contribution in [2.24, 2.45) is 0 Å². The van der Waals surface area contributed by atoms with Crippen molar-refractivity contribution in [1.29, 1.82) is 0 Å².